The first-order chi connectivity index (χ1) is 5.54. The van der Waals surface area contributed by atoms with Gasteiger partial charge in [-0.25, -0.2) is 4.68 Å². The number of rotatable bonds is 2. The fraction of sp³-hybridized carbons (Fsp3) is 0.625. The minimum Gasteiger partial charge on any atom is -0.389 e. The zero-order chi connectivity index (χ0) is 9.30. The first-order valence-corrected chi connectivity index (χ1v) is 4.05. The van der Waals surface area contributed by atoms with E-state index in [1.54, 1.807) is 17.8 Å². The Balaban J connectivity index is 3.04. The highest BCUT2D eigenvalue weighted by atomic mass is 16.3. The van der Waals surface area contributed by atoms with Crippen LogP contribution in [0.25, 0.3) is 0 Å². The molecule has 4 nitrogen and oxygen atoms in total. The summed E-state index contributed by atoms with van der Waals surface area (Å²) in [5.41, 5.74) is 6.44. The van der Waals surface area contributed by atoms with Gasteiger partial charge in [0.25, 0.3) is 0 Å². The number of hydrogen-bond donors (Lipinski definition) is 2. The second-order valence-corrected chi connectivity index (χ2v) is 3.20. The standard InChI is InChI=1S/C8H15N3O/c1-5(2)11-8(9)7(4-10-11)6(3)12/h4-6,12H,9H2,1-3H3/t6-/m0/s1. The van der Waals surface area contributed by atoms with Crippen LogP contribution in [0.3, 0.4) is 0 Å². The van der Waals surface area contributed by atoms with Crippen LogP contribution in [0.2, 0.25) is 0 Å². The van der Waals surface area contributed by atoms with Gasteiger partial charge in [-0.05, 0) is 20.8 Å². The highest BCUT2D eigenvalue weighted by Crippen LogP contribution is 2.21. The molecule has 1 heterocycles. The van der Waals surface area contributed by atoms with Crippen LogP contribution in [0.1, 0.15) is 38.5 Å². The topological polar surface area (TPSA) is 64.1 Å². The molecule has 0 aliphatic rings. The summed E-state index contributed by atoms with van der Waals surface area (Å²) < 4.78 is 1.70. The molecule has 0 aliphatic carbocycles. The van der Waals surface area contributed by atoms with E-state index < -0.39 is 6.10 Å². The molecule has 1 rings (SSSR count). The van der Waals surface area contributed by atoms with Gasteiger partial charge in [0.05, 0.1) is 12.3 Å². The lowest BCUT2D eigenvalue weighted by atomic mass is 10.2. The van der Waals surface area contributed by atoms with Gasteiger partial charge in [-0.2, -0.15) is 5.10 Å². The van der Waals surface area contributed by atoms with Crippen molar-refractivity contribution < 1.29 is 5.11 Å². The van der Waals surface area contributed by atoms with Gasteiger partial charge in [-0.1, -0.05) is 0 Å². The minimum absolute atomic E-state index is 0.234. The van der Waals surface area contributed by atoms with Gasteiger partial charge in [0, 0.05) is 11.6 Å². The van der Waals surface area contributed by atoms with E-state index in [0.717, 1.165) is 0 Å². The molecule has 1 atom stereocenters. The van der Waals surface area contributed by atoms with Crippen LogP contribution in [-0.4, -0.2) is 14.9 Å². The van der Waals surface area contributed by atoms with Crippen molar-refractivity contribution in [3.8, 4) is 0 Å². The lowest BCUT2D eigenvalue weighted by Crippen LogP contribution is -2.08. The second-order valence-electron chi connectivity index (χ2n) is 3.20. The van der Waals surface area contributed by atoms with Crippen LogP contribution in [0.4, 0.5) is 5.82 Å². The van der Waals surface area contributed by atoms with E-state index in [4.69, 9.17) is 5.73 Å². The van der Waals surface area contributed by atoms with Crippen molar-refractivity contribution in [2.45, 2.75) is 32.9 Å². The largest absolute Gasteiger partial charge is 0.389 e. The Bertz CT molecular complexity index is 240. The molecule has 1 aromatic rings. The Kier molecular flexibility index (Phi) is 2.38. The molecule has 0 aliphatic heterocycles. The Morgan fingerprint density at radius 2 is 2.08 bits per heavy atom. The highest BCUT2D eigenvalue weighted by Gasteiger charge is 2.12. The summed E-state index contributed by atoms with van der Waals surface area (Å²) in [5.74, 6) is 0.556. The molecule has 0 saturated heterocycles. The molecular weight excluding hydrogens is 154 g/mol. The average molecular weight is 169 g/mol. The van der Waals surface area contributed by atoms with Crippen molar-refractivity contribution in [2.24, 2.45) is 0 Å². The Morgan fingerprint density at radius 1 is 1.50 bits per heavy atom. The maximum atomic E-state index is 9.27. The fourth-order valence-corrected chi connectivity index (χ4v) is 1.12. The third-order valence-electron chi connectivity index (χ3n) is 1.80. The summed E-state index contributed by atoms with van der Waals surface area (Å²) in [5, 5.41) is 13.3. The molecule has 0 aromatic carbocycles. The zero-order valence-corrected chi connectivity index (χ0v) is 7.65. The fourth-order valence-electron chi connectivity index (χ4n) is 1.12. The molecule has 0 unspecified atom stereocenters. The lowest BCUT2D eigenvalue weighted by Gasteiger charge is -2.08. The van der Waals surface area contributed by atoms with Crippen LogP contribution in [0, 0.1) is 0 Å². The highest BCUT2D eigenvalue weighted by molar-refractivity contribution is 5.40. The number of anilines is 1. The molecule has 0 radical (unpaired) electrons. The quantitative estimate of drug-likeness (QED) is 0.696. The summed E-state index contributed by atoms with van der Waals surface area (Å²) in [4.78, 5) is 0. The minimum atomic E-state index is -0.544. The number of aliphatic hydroxyl groups is 1. The van der Waals surface area contributed by atoms with Crippen molar-refractivity contribution >= 4 is 5.82 Å². The van der Waals surface area contributed by atoms with E-state index in [0.29, 0.717) is 11.4 Å². The first kappa shape index (κ1) is 9.06. The Labute approximate surface area is 72.0 Å². The second kappa shape index (κ2) is 3.15. The van der Waals surface area contributed by atoms with E-state index in [2.05, 4.69) is 5.10 Å². The zero-order valence-electron chi connectivity index (χ0n) is 7.65. The molecule has 0 bridgehead atoms. The van der Waals surface area contributed by atoms with Gasteiger partial charge in [0.1, 0.15) is 5.82 Å². The van der Waals surface area contributed by atoms with E-state index in [1.165, 1.54) is 0 Å². The van der Waals surface area contributed by atoms with Gasteiger partial charge in [-0.3, -0.25) is 0 Å². The summed E-state index contributed by atoms with van der Waals surface area (Å²) in [6, 6.07) is 0.234. The molecular formula is C8H15N3O. The average Bonchev–Trinajstić information content (AvgIpc) is 2.30. The summed E-state index contributed by atoms with van der Waals surface area (Å²) >= 11 is 0. The molecule has 0 saturated carbocycles. The molecule has 0 amide bonds. The maximum absolute atomic E-state index is 9.27. The molecule has 0 fully saturated rings. The van der Waals surface area contributed by atoms with E-state index in [9.17, 15) is 5.11 Å². The van der Waals surface area contributed by atoms with Crippen molar-refractivity contribution in [1.82, 2.24) is 9.78 Å². The van der Waals surface area contributed by atoms with E-state index >= 15 is 0 Å². The molecule has 68 valence electrons. The predicted octanol–water partition coefficient (Wildman–Crippen LogP) is 1.10. The SMILES string of the molecule is CC(C)n1ncc([C@H](C)O)c1N. The number of aliphatic hydroxyl groups excluding tert-OH is 1. The van der Waals surface area contributed by atoms with Gasteiger partial charge in [-0.15, -0.1) is 0 Å². The van der Waals surface area contributed by atoms with Gasteiger partial charge in [0.15, 0.2) is 0 Å². The molecule has 0 spiro atoms. The summed E-state index contributed by atoms with van der Waals surface area (Å²) in [7, 11) is 0. The van der Waals surface area contributed by atoms with Crippen LogP contribution < -0.4 is 5.73 Å². The third-order valence-corrected chi connectivity index (χ3v) is 1.80. The smallest absolute Gasteiger partial charge is 0.127 e. The monoisotopic (exact) mass is 169 g/mol. The van der Waals surface area contributed by atoms with Crippen molar-refractivity contribution in [3.05, 3.63) is 11.8 Å². The first-order valence-electron chi connectivity index (χ1n) is 4.05. The summed E-state index contributed by atoms with van der Waals surface area (Å²) in [6.07, 6.45) is 1.07. The molecule has 3 N–H and O–H groups in total. The Hall–Kier alpha value is -1.03. The van der Waals surface area contributed by atoms with E-state index in [-0.39, 0.29) is 6.04 Å². The maximum Gasteiger partial charge on any atom is 0.127 e. The van der Waals surface area contributed by atoms with E-state index in [1.807, 2.05) is 13.8 Å². The van der Waals surface area contributed by atoms with Gasteiger partial charge in [0.2, 0.25) is 0 Å². The lowest BCUT2D eigenvalue weighted by molar-refractivity contribution is 0.200. The molecule has 12 heavy (non-hydrogen) atoms. The van der Waals surface area contributed by atoms with Crippen molar-refractivity contribution in [2.75, 3.05) is 5.73 Å². The molecule has 4 heteroatoms. The van der Waals surface area contributed by atoms with Gasteiger partial charge < -0.3 is 10.8 Å². The van der Waals surface area contributed by atoms with Gasteiger partial charge >= 0.3 is 0 Å². The number of nitrogens with two attached hydrogens (primary N) is 1. The van der Waals surface area contributed by atoms with Crippen LogP contribution in [0.15, 0.2) is 6.20 Å². The third kappa shape index (κ3) is 1.43. The van der Waals surface area contributed by atoms with Crippen molar-refractivity contribution in [3.63, 3.8) is 0 Å². The Morgan fingerprint density at radius 3 is 2.33 bits per heavy atom. The van der Waals surface area contributed by atoms with Crippen LogP contribution >= 0.6 is 0 Å². The number of nitrogens with zero attached hydrogens (tertiary/aromatic N) is 2. The summed E-state index contributed by atoms with van der Waals surface area (Å²) in [6.45, 7) is 5.67. The van der Waals surface area contributed by atoms with Crippen molar-refractivity contribution in [1.29, 1.82) is 0 Å². The number of nitrogen functional groups attached to an aromatic ring is 1. The van der Waals surface area contributed by atoms with Crippen LogP contribution in [0.5, 0.6) is 0 Å². The number of hydrogen-bond acceptors (Lipinski definition) is 3. The normalized spacial score (nSPS) is 13.8. The van der Waals surface area contributed by atoms with Crippen LogP contribution in [-0.2, 0) is 0 Å². The molecule has 1 aromatic heterocycles. The predicted molar refractivity (Wildman–Crippen MR) is 47.7 cm³/mol. The number of aromatic nitrogens is 2.